The maximum absolute atomic E-state index is 10.0. The van der Waals surface area contributed by atoms with Crippen molar-refractivity contribution < 1.29 is 4.79 Å². The molecule has 0 aliphatic heterocycles. The molecule has 4 heteroatoms. The van der Waals surface area contributed by atoms with E-state index in [1.807, 2.05) is 19.1 Å². The third-order valence-corrected chi connectivity index (χ3v) is 2.67. The molecule has 1 aromatic rings. The number of hydrogen-bond donors (Lipinski definition) is 0. The second kappa shape index (κ2) is 4.71. The molecule has 3 nitrogen and oxygen atoms in total. The number of aryl methyl sites for hydroxylation is 1. The van der Waals surface area contributed by atoms with E-state index in [1.165, 1.54) is 6.08 Å². The van der Waals surface area contributed by atoms with E-state index in [0.717, 1.165) is 10.0 Å². The summed E-state index contributed by atoms with van der Waals surface area (Å²) in [6.45, 7) is 1.94. The van der Waals surface area contributed by atoms with Gasteiger partial charge in [-0.15, -0.1) is 0 Å². The SMILES string of the molecule is Cc1ccc(C(C#N)N=C=O)cc1Br. The summed E-state index contributed by atoms with van der Waals surface area (Å²) in [6, 6.07) is 6.58. The van der Waals surface area contributed by atoms with Crippen LogP contribution in [0.5, 0.6) is 0 Å². The van der Waals surface area contributed by atoms with E-state index >= 15 is 0 Å². The third kappa shape index (κ3) is 2.29. The van der Waals surface area contributed by atoms with Gasteiger partial charge in [-0.05, 0) is 24.1 Å². The number of carbonyl (C=O) groups excluding carboxylic acids is 1. The van der Waals surface area contributed by atoms with E-state index in [2.05, 4.69) is 20.9 Å². The summed E-state index contributed by atoms with van der Waals surface area (Å²) in [5.74, 6) is 0. The van der Waals surface area contributed by atoms with Gasteiger partial charge in [-0.25, -0.2) is 4.79 Å². The molecule has 0 heterocycles. The van der Waals surface area contributed by atoms with E-state index in [-0.39, 0.29) is 0 Å². The Morgan fingerprint density at radius 3 is 2.79 bits per heavy atom. The molecule has 1 rings (SSSR count). The van der Waals surface area contributed by atoms with E-state index < -0.39 is 6.04 Å². The number of aliphatic imine (C=N–C) groups is 1. The number of nitriles is 1. The average Bonchev–Trinajstić information content (AvgIpc) is 2.19. The molecule has 0 fully saturated rings. The summed E-state index contributed by atoms with van der Waals surface area (Å²) in [7, 11) is 0. The van der Waals surface area contributed by atoms with Crippen LogP contribution >= 0.6 is 15.9 Å². The van der Waals surface area contributed by atoms with Crippen molar-refractivity contribution in [3.63, 3.8) is 0 Å². The van der Waals surface area contributed by atoms with Crippen molar-refractivity contribution in [3.8, 4) is 6.07 Å². The molecule has 1 unspecified atom stereocenters. The summed E-state index contributed by atoms with van der Waals surface area (Å²) in [5, 5.41) is 8.73. The number of benzene rings is 1. The van der Waals surface area contributed by atoms with Crippen LogP contribution in [0.2, 0.25) is 0 Å². The highest BCUT2D eigenvalue weighted by molar-refractivity contribution is 9.10. The first-order valence-corrected chi connectivity index (χ1v) is 4.71. The Morgan fingerprint density at radius 1 is 1.57 bits per heavy atom. The van der Waals surface area contributed by atoms with E-state index in [1.54, 1.807) is 12.1 Å². The first-order chi connectivity index (χ1) is 6.69. The van der Waals surface area contributed by atoms with Gasteiger partial charge in [0.15, 0.2) is 6.04 Å². The minimum atomic E-state index is -0.760. The molecule has 0 saturated heterocycles. The van der Waals surface area contributed by atoms with Gasteiger partial charge in [-0.3, -0.25) is 0 Å². The first kappa shape index (κ1) is 10.6. The lowest BCUT2D eigenvalue weighted by Crippen LogP contribution is -1.92. The van der Waals surface area contributed by atoms with Crippen molar-refractivity contribution in [1.82, 2.24) is 0 Å². The fourth-order valence-electron chi connectivity index (χ4n) is 1.01. The van der Waals surface area contributed by atoms with Crippen LogP contribution in [0, 0.1) is 18.3 Å². The molecular formula is C10H7BrN2O. The van der Waals surface area contributed by atoms with Crippen LogP contribution in [0.1, 0.15) is 17.2 Å². The number of nitrogens with zero attached hydrogens (tertiary/aromatic N) is 2. The highest BCUT2D eigenvalue weighted by Crippen LogP contribution is 2.23. The van der Waals surface area contributed by atoms with Crippen LogP contribution < -0.4 is 0 Å². The largest absolute Gasteiger partial charge is 0.236 e. The lowest BCUT2D eigenvalue weighted by Gasteiger charge is -2.04. The van der Waals surface area contributed by atoms with Gasteiger partial charge >= 0.3 is 0 Å². The molecule has 0 aliphatic carbocycles. The molecule has 0 N–H and O–H groups in total. The van der Waals surface area contributed by atoms with Gasteiger partial charge in [0.25, 0.3) is 0 Å². The van der Waals surface area contributed by atoms with E-state index in [9.17, 15) is 4.79 Å². The smallest absolute Gasteiger partial charge is 0.211 e. The quantitative estimate of drug-likeness (QED) is 0.599. The van der Waals surface area contributed by atoms with Crippen molar-refractivity contribution in [2.45, 2.75) is 13.0 Å². The zero-order chi connectivity index (χ0) is 10.6. The Hall–Kier alpha value is -1.43. The molecule has 0 aromatic heterocycles. The van der Waals surface area contributed by atoms with Gasteiger partial charge < -0.3 is 0 Å². The van der Waals surface area contributed by atoms with Crippen LogP contribution in [0.4, 0.5) is 0 Å². The number of hydrogen-bond acceptors (Lipinski definition) is 3. The van der Waals surface area contributed by atoms with Crippen molar-refractivity contribution in [3.05, 3.63) is 33.8 Å². The Bertz CT molecular complexity index is 430. The minimum absolute atomic E-state index is 0.688. The second-order valence-corrected chi connectivity index (χ2v) is 3.61. The molecule has 14 heavy (non-hydrogen) atoms. The standard InChI is InChI=1S/C10H7BrN2O/c1-7-2-3-8(4-9(7)11)10(5-12)13-6-14/h2-4,10H,1H3. The molecule has 0 amide bonds. The van der Waals surface area contributed by atoms with Crippen LogP contribution in [0.15, 0.2) is 27.7 Å². The summed E-state index contributed by atoms with van der Waals surface area (Å²) >= 11 is 3.35. The Morgan fingerprint density at radius 2 is 2.29 bits per heavy atom. The molecule has 70 valence electrons. The monoisotopic (exact) mass is 250 g/mol. The molecule has 1 atom stereocenters. The fourth-order valence-corrected chi connectivity index (χ4v) is 1.41. The van der Waals surface area contributed by atoms with Gasteiger partial charge in [0.1, 0.15) is 0 Å². The van der Waals surface area contributed by atoms with Crippen LogP contribution in [-0.2, 0) is 4.79 Å². The van der Waals surface area contributed by atoms with Gasteiger partial charge in [-0.2, -0.15) is 10.3 Å². The lowest BCUT2D eigenvalue weighted by molar-refractivity contribution is 0.561. The maximum Gasteiger partial charge on any atom is 0.236 e. The van der Waals surface area contributed by atoms with Crippen molar-refractivity contribution in [2.75, 3.05) is 0 Å². The Labute approximate surface area is 90.2 Å². The zero-order valence-electron chi connectivity index (χ0n) is 7.49. The molecule has 0 saturated carbocycles. The first-order valence-electron chi connectivity index (χ1n) is 3.91. The van der Waals surface area contributed by atoms with Gasteiger partial charge in [0, 0.05) is 4.47 Å². The van der Waals surface area contributed by atoms with Gasteiger partial charge in [0.2, 0.25) is 6.08 Å². The van der Waals surface area contributed by atoms with E-state index in [4.69, 9.17) is 5.26 Å². The molecule has 0 bridgehead atoms. The minimum Gasteiger partial charge on any atom is -0.211 e. The van der Waals surface area contributed by atoms with Crippen LogP contribution in [0.25, 0.3) is 0 Å². The van der Waals surface area contributed by atoms with Crippen LogP contribution in [-0.4, -0.2) is 6.08 Å². The van der Waals surface area contributed by atoms with Crippen molar-refractivity contribution in [1.29, 1.82) is 5.26 Å². The van der Waals surface area contributed by atoms with E-state index in [0.29, 0.717) is 5.56 Å². The predicted molar refractivity (Wildman–Crippen MR) is 55.4 cm³/mol. The number of rotatable bonds is 2. The maximum atomic E-state index is 10.0. The molecule has 0 radical (unpaired) electrons. The number of isocyanates is 1. The topological polar surface area (TPSA) is 53.2 Å². The molecule has 0 spiro atoms. The summed E-state index contributed by atoms with van der Waals surface area (Å²) in [5.41, 5.74) is 1.76. The average molecular weight is 251 g/mol. The summed E-state index contributed by atoms with van der Waals surface area (Å²) in [4.78, 5) is 13.4. The van der Waals surface area contributed by atoms with Gasteiger partial charge in [0.05, 0.1) is 6.07 Å². The summed E-state index contributed by atoms with van der Waals surface area (Å²) in [6.07, 6.45) is 1.39. The van der Waals surface area contributed by atoms with Crippen molar-refractivity contribution >= 4 is 22.0 Å². The number of halogens is 1. The second-order valence-electron chi connectivity index (χ2n) is 2.76. The predicted octanol–water partition coefficient (Wildman–Crippen LogP) is 2.66. The summed E-state index contributed by atoms with van der Waals surface area (Å²) < 4.78 is 0.899. The highest BCUT2D eigenvalue weighted by atomic mass is 79.9. The van der Waals surface area contributed by atoms with Gasteiger partial charge in [-0.1, -0.05) is 28.1 Å². The highest BCUT2D eigenvalue weighted by Gasteiger charge is 2.09. The molecular weight excluding hydrogens is 244 g/mol. The van der Waals surface area contributed by atoms with Crippen LogP contribution in [0.3, 0.4) is 0 Å². The zero-order valence-corrected chi connectivity index (χ0v) is 9.08. The van der Waals surface area contributed by atoms with Crippen molar-refractivity contribution in [2.24, 2.45) is 4.99 Å². The lowest BCUT2D eigenvalue weighted by atomic mass is 10.1. The molecule has 1 aromatic carbocycles. The Kier molecular flexibility index (Phi) is 3.58. The Balaban J connectivity index is 3.13. The molecule has 0 aliphatic rings. The fraction of sp³-hybridized carbons (Fsp3) is 0.200. The third-order valence-electron chi connectivity index (χ3n) is 1.82. The normalized spacial score (nSPS) is 11.2.